The Morgan fingerprint density at radius 2 is 1.83 bits per heavy atom. The van der Waals surface area contributed by atoms with Crippen LogP contribution in [0.3, 0.4) is 0 Å². The predicted molar refractivity (Wildman–Crippen MR) is 54.3 cm³/mol. The standard InChI is InChI=1S/C9H13ClN2/c1-2-3-6-4-8(11)9(12)5-7(6)10/h4-5H,2-3,11-12H2,1H3. The smallest absolute Gasteiger partial charge is 0.0562 e. The van der Waals surface area contributed by atoms with Crippen molar-refractivity contribution in [1.82, 2.24) is 0 Å². The van der Waals surface area contributed by atoms with Gasteiger partial charge in [-0.2, -0.15) is 0 Å². The highest BCUT2D eigenvalue weighted by atomic mass is 35.5. The van der Waals surface area contributed by atoms with Crippen LogP contribution in [0.1, 0.15) is 18.9 Å². The molecule has 3 heteroatoms. The van der Waals surface area contributed by atoms with E-state index >= 15 is 0 Å². The highest BCUT2D eigenvalue weighted by Gasteiger charge is 2.02. The third-order valence-corrected chi connectivity index (χ3v) is 2.12. The summed E-state index contributed by atoms with van der Waals surface area (Å²) < 4.78 is 0. The molecule has 0 heterocycles. The highest BCUT2D eigenvalue weighted by Crippen LogP contribution is 2.25. The van der Waals surface area contributed by atoms with Gasteiger partial charge in [-0.3, -0.25) is 0 Å². The minimum absolute atomic E-state index is 0.555. The van der Waals surface area contributed by atoms with E-state index in [2.05, 4.69) is 6.92 Å². The molecule has 0 unspecified atom stereocenters. The maximum atomic E-state index is 5.94. The topological polar surface area (TPSA) is 52.0 Å². The lowest BCUT2D eigenvalue weighted by atomic mass is 10.1. The molecule has 0 saturated carbocycles. The van der Waals surface area contributed by atoms with E-state index in [0.717, 1.165) is 18.4 Å². The Morgan fingerprint density at radius 1 is 1.25 bits per heavy atom. The number of anilines is 2. The summed E-state index contributed by atoms with van der Waals surface area (Å²) in [4.78, 5) is 0. The fourth-order valence-electron chi connectivity index (χ4n) is 1.11. The van der Waals surface area contributed by atoms with Crippen LogP contribution >= 0.6 is 11.6 Å². The van der Waals surface area contributed by atoms with Crippen molar-refractivity contribution in [3.8, 4) is 0 Å². The van der Waals surface area contributed by atoms with Gasteiger partial charge >= 0.3 is 0 Å². The molecule has 12 heavy (non-hydrogen) atoms. The molecule has 0 radical (unpaired) electrons. The van der Waals surface area contributed by atoms with E-state index in [9.17, 15) is 0 Å². The van der Waals surface area contributed by atoms with Crippen molar-refractivity contribution in [2.24, 2.45) is 0 Å². The van der Waals surface area contributed by atoms with Gasteiger partial charge < -0.3 is 11.5 Å². The molecule has 0 aromatic heterocycles. The first-order valence-electron chi connectivity index (χ1n) is 3.98. The molecule has 1 aromatic carbocycles. The van der Waals surface area contributed by atoms with E-state index in [-0.39, 0.29) is 0 Å². The summed E-state index contributed by atoms with van der Waals surface area (Å²) in [5.74, 6) is 0. The summed E-state index contributed by atoms with van der Waals surface area (Å²) in [6.45, 7) is 2.10. The fraction of sp³-hybridized carbons (Fsp3) is 0.333. The van der Waals surface area contributed by atoms with Crippen LogP contribution in [0.15, 0.2) is 12.1 Å². The van der Waals surface area contributed by atoms with Crippen LogP contribution in [0.2, 0.25) is 5.02 Å². The minimum atomic E-state index is 0.555. The summed E-state index contributed by atoms with van der Waals surface area (Å²) in [6.07, 6.45) is 2.01. The lowest BCUT2D eigenvalue weighted by molar-refractivity contribution is 0.923. The van der Waals surface area contributed by atoms with Crippen molar-refractivity contribution < 1.29 is 0 Å². The number of aryl methyl sites for hydroxylation is 1. The fourth-order valence-corrected chi connectivity index (χ4v) is 1.38. The van der Waals surface area contributed by atoms with Gasteiger partial charge in [-0.25, -0.2) is 0 Å². The van der Waals surface area contributed by atoms with Gasteiger partial charge in [0.1, 0.15) is 0 Å². The second-order valence-electron chi connectivity index (χ2n) is 2.82. The summed E-state index contributed by atoms with van der Waals surface area (Å²) >= 11 is 5.94. The Kier molecular flexibility index (Phi) is 2.82. The molecule has 0 atom stereocenters. The summed E-state index contributed by atoms with van der Waals surface area (Å²) in [5.41, 5.74) is 13.5. The molecule has 1 rings (SSSR count). The Hall–Kier alpha value is -0.890. The van der Waals surface area contributed by atoms with Crippen LogP contribution in [-0.2, 0) is 6.42 Å². The zero-order chi connectivity index (χ0) is 9.14. The van der Waals surface area contributed by atoms with Gasteiger partial charge in [0.25, 0.3) is 0 Å². The zero-order valence-electron chi connectivity index (χ0n) is 7.10. The number of hydrogen-bond acceptors (Lipinski definition) is 2. The van der Waals surface area contributed by atoms with Crippen molar-refractivity contribution in [2.75, 3.05) is 11.5 Å². The highest BCUT2D eigenvalue weighted by molar-refractivity contribution is 6.31. The number of nitrogen functional groups attached to an aromatic ring is 2. The maximum Gasteiger partial charge on any atom is 0.0562 e. The molecule has 2 nitrogen and oxygen atoms in total. The summed E-state index contributed by atoms with van der Waals surface area (Å²) in [6, 6.07) is 3.56. The van der Waals surface area contributed by atoms with Gasteiger partial charge in [-0.05, 0) is 24.1 Å². The third kappa shape index (κ3) is 1.83. The van der Waals surface area contributed by atoms with E-state index in [0.29, 0.717) is 16.4 Å². The molecular formula is C9H13ClN2. The molecule has 0 aliphatic carbocycles. The van der Waals surface area contributed by atoms with Crippen molar-refractivity contribution >= 4 is 23.0 Å². The average Bonchev–Trinajstić information content (AvgIpc) is 2.01. The molecule has 0 fully saturated rings. The van der Waals surface area contributed by atoms with Gasteiger partial charge in [0.05, 0.1) is 11.4 Å². The van der Waals surface area contributed by atoms with E-state index in [4.69, 9.17) is 23.1 Å². The number of benzene rings is 1. The lowest BCUT2D eigenvalue weighted by Crippen LogP contribution is -1.96. The van der Waals surface area contributed by atoms with Crippen LogP contribution in [0.25, 0.3) is 0 Å². The second kappa shape index (κ2) is 3.68. The molecule has 1 aromatic rings. The quantitative estimate of drug-likeness (QED) is 0.694. The minimum Gasteiger partial charge on any atom is -0.397 e. The first-order chi connectivity index (χ1) is 5.65. The van der Waals surface area contributed by atoms with Crippen molar-refractivity contribution in [2.45, 2.75) is 19.8 Å². The van der Waals surface area contributed by atoms with Gasteiger partial charge in [-0.1, -0.05) is 24.9 Å². The van der Waals surface area contributed by atoms with Gasteiger partial charge in [-0.15, -0.1) is 0 Å². The van der Waals surface area contributed by atoms with Crippen LogP contribution in [-0.4, -0.2) is 0 Å². The Morgan fingerprint density at radius 3 is 2.42 bits per heavy atom. The lowest BCUT2D eigenvalue weighted by Gasteiger charge is -2.06. The SMILES string of the molecule is CCCc1cc(N)c(N)cc1Cl. The first kappa shape index (κ1) is 9.20. The zero-order valence-corrected chi connectivity index (χ0v) is 7.86. The van der Waals surface area contributed by atoms with Crippen LogP contribution in [0, 0.1) is 0 Å². The molecule has 0 bridgehead atoms. The Balaban J connectivity index is 3.05. The van der Waals surface area contributed by atoms with Gasteiger partial charge in [0.15, 0.2) is 0 Å². The van der Waals surface area contributed by atoms with Gasteiger partial charge in [0.2, 0.25) is 0 Å². The second-order valence-corrected chi connectivity index (χ2v) is 3.23. The molecule has 66 valence electrons. The first-order valence-corrected chi connectivity index (χ1v) is 4.36. The molecule has 0 saturated heterocycles. The normalized spacial score (nSPS) is 10.2. The molecule has 0 aliphatic heterocycles. The van der Waals surface area contributed by atoms with E-state index < -0.39 is 0 Å². The largest absolute Gasteiger partial charge is 0.397 e. The predicted octanol–water partition coefficient (Wildman–Crippen LogP) is 2.46. The molecule has 0 amide bonds. The average molecular weight is 185 g/mol. The van der Waals surface area contributed by atoms with Crippen LogP contribution in [0.5, 0.6) is 0 Å². The molecule has 4 N–H and O–H groups in total. The van der Waals surface area contributed by atoms with E-state index in [1.54, 1.807) is 6.07 Å². The number of hydrogen-bond donors (Lipinski definition) is 2. The third-order valence-electron chi connectivity index (χ3n) is 1.77. The van der Waals surface area contributed by atoms with Crippen molar-refractivity contribution in [3.05, 3.63) is 22.7 Å². The number of nitrogens with two attached hydrogens (primary N) is 2. The molecule has 0 spiro atoms. The van der Waals surface area contributed by atoms with E-state index in [1.165, 1.54) is 0 Å². The van der Waals surface area contributed by atoms with Crippen LogP contribution in [0.4, 0.5) is 11.4 Å². The maximum absolute atomic E-state index is 5.94. The Labute approximate surface area is 77.5 Å². The number of halogens is 1. The summed E-state index contributed by atoms with van der Waals surface area (Å²) in [5, 5.41) is 0.712. The van der Waals surface area contributed by atoms with Crippen LogP contribution < -0.4 is 11.5 Å². The van der Waals surface area contributed by atoms with Crippen molar-refractivity contribution in [3.63, 3.8) is 0 Å². The van der Waals surface area contributed by atoms with E-state index in [1.807, 2.05) is 6.07 Å². The van der Waals surface area contributed by atoms with Gasteiger partial charge in [0, 0.05) is 5.02 Å². The molecule has 0 aliphatic rings. The monoisotopic (exact) mass is 184 g/mol. The number of rotatable bonds is 2. The molecular weight excluding hydrogens is 172 g/mol. The summed E-state index contributed by atoms with van der Waals surface area (Å²) in [7, 11) is 0. The Bertz CT molecular complexity index is 284. The van der Waals surface area contributed by atoms with Crippen molar-refractivity contribution in [1.29, 1.82) is 0 Å².